The van der Waals surface area contributed by atoms with E-state index in [0.717, 1.165) is 5.56 Å². The predicted molar refractivity (Wildman–Crippen MR) is 94.2 cm³/mol. The third-order valence-electron chi connectivity index (χ3n) is 4.41. The van der Waals surface area contributed by atoms with Gasteiger partial charge in [0.2, 0.25) is 5.91 Å². The number of piperazine rings is 1. The molecule has 1 aromatic heterocycles. The van der Waals surface area contributed by atoms with E-state index in [9.17, 15) is 14.0 Å². The third kappa shape index (κ3) is 4.92. The first-order chi connectivity index (χ1) is 12.6. The summed E-state index contributed by atoms with van der Waals surface area (Å²) in [7, 11) is 0. The number of nitrogens with one attached hydrogen (secondary N) is 1. The van der Waals surface area contributed by atoms with Crippen LogP contribution in [0.25, 0.3) is 0 Å². The maximum atomic E-state index is 12.8. The largest absolute Gasteiger partial charge is 0.459 e. The van der Waals surface area contributed by atoms with Crippen LogP contribution < -0.4 is 5.32 Å². The smallest absolute Gasteiger partial charge is 0.289 e. The Morgan fingerprint density at radius 1 is 1.08 bits per heavy atom. The van der Waals surface area contributed by atoms with Crippen LogP contribution in [0.3, 0.4) is 0 Å². The minimum Gasteiger partial charge on any atom is -0.459 e. The van der Waals surface area contributed by atoms with E-state index in [1.807, 2.05) is 4.90 Å². The number of hydrogen-bond acceptors (Lipinski definition) is 4. The van der Waals surface area contributed by atoms with E-state index in [0.29, 0.717) is 51.4 Å². The molecule has 1 N–H and O–H groups in total. The Morgan fingerprint density at radius 2 is 1.81 bits per heavy atom. The first kappa shape index (κ1) is 18.1. The highest BCUT2D eigenvalue weighted by Crippen LogP contribution is 2.09. The van der Waals surface area contributed by atoms with E-state index in [1.165, 1.54) is 18.4 Å². The molecule has 1 aliphatic heterocycles. The van der Waals surface area contributed by atoms with E-state index in [4.69, 9.17) is 4.42 Å². The summed E-state index contributed by atoms with van der Waals surface area (Å²) >= 11 is 0. The lowest BCUT2D eigenvalue weighted by atomic mass is 10.1. The monoisotopic (exact) mass is 359 g/mol. The fourth-order valence-corrected chi connectivity index (χ4v) is 2.92. The van der Waals surface area contributed by atoms with E-state index >= 15 is 0 Å². The molecule has 0 spiro atoms. The number of halogens is 1. The second kappa shape index (κ2) is 8.62. The zero-order valence-electron chi connectivity index (χ0n) is 14.5. The molecule has 0 atom stereocenters. The summed E-state index contributed by atoms with van der Waals surface area (Å²) in [5, 5.41) is 2.88. The van der Waals surface area contributed by atoms with Crippen molar-refractivity contribution in [1.82, 2.24) is 15.1 Å². The average molecular weight is 359 g/mol. The molecule has 1 saturated heterocycles. The molecule has 2 heterocycles. The van der Waals surface area contributed by atoms with Gasteiger partial charge in [0.05, 0.1) is 12.8 Å². The summed E-state index contributed by atoms with van der Waals surface area (Å²) in [4.78, 5) is 28.0. The van der Waals surface area contributed by atoms with E-state index < -0.39 is 0 Å². The Morgan fingerprint density at radius 3 is 2.46 bits per heavy atom. The van der Waals surface area contributed by atoms with Gasteiger partial charge in [-0.2, -0.15) is 0 Å². The Balaban J connectivity index is 1.35. The van der Waals surface area contributed by atoms with Gasteiger partial charge in [-0.15, -0.1) is 0 Å². The third-order valence-corrected chi connectivity index (χ3v) is 4.41. The van der Waals surface area contributed by atoms with Crippen LogP contribution in [-0.4, -0.2) is 60.9 Å². The van der Waals surface area contributed by atoms with E-state index in [2.05, 4.69) is 5.32 Å². The molecule has 6 nitrogen and oxygen atoms in total. The van der Waals surface area contributed by atoms with Gasteiger partial charge in [-0.1, -0.05) is 12.1 Å². The van der Waals surface area contributed by atoms with Crippen LogP contribution in [-0.2, 0) is 11.2 Å². The minimum absolute atomic E-state index is 0.0436. The topological polar surface area (TPSA) is 65.8 Å². The molecule has 0 radical (unpaired) electrons. The van der Waals surface area contributed by atoms with E-state index in [1.54, 1.807) is 29.2 Å². The summed E-state index contributed by atoms with van der Waals surface area (Å²) in [6, 6.07) is 9.62. The number of carbonyl (C=O) groups excluding carboxylic acids is 2. The summed E-state index contributed by atoms with van der Waals surface area (Å²) in [6.45, 7) is 3.27. The SMILES string of the molecule is O=C(CN1CCN(C(=O)c2ccco2)CC1)NCCc1ccc(F)cc1. The zero-order chi connectivity index (χ0) is 18.4. The van der Waals surface area contributed by atoms with Gasteiger partial charge in [-0.05, 0) is 36.2 Å². The normalized spacial score (nSPS) is 15.0. The molecule has 2 aromatic rings. The molecule has 1 aromatic carbocycles. The van der Waals surface area contributed by atoms with E-state index in [-0.39, 0.29) is 17.6 Å². The molecular weight excluding hydrogens is 337 g/mol. The molecule has 26 heavy (non-hydrogen) atoms. The van der Waals surface area contributed by atoms with Crippen LogP contribution >= 0.6 is 0 Å². The van der Waals surface area contributed by atoms with Gasteiger partial charge < -0.3 is 14.6 Å². The molecule has 1 aliphatic rings. The van der Waals surface area contributed by atoms with Crippen LogP contribution in [0.4, 0.5) is 4.39 Å². The Bertz CT molecular complexity index is 723. The predicted octanol–water partition coefficient (Wildman–Crippen LogP) is 1.54. The van der Waals surface area contributed by atoms with Crippen molar-refractivity contribution in [2.45, 2.75) is 6.42 Å². The summed E-state index contributed by atoms with van der Waals surface area (Å²) < 4.78 is 18.0. The van der Waals surface area contributed by atoms with Crippen molar-refractivity contribution >= 4 is 11.8 Å². The number of hydrogen-bond donors (Lipinski definition) is 1. The van der Waals surface area contributed by atoms with Gasteiger partial charge in [0.1, 0.15) is 5.82 Å². The number of carbonyl (C=O) groups is 2. The molecular formula is C19H22FN3O3. The number of amides is 2. The van der Waals surface area contributed by atoms with Crippen LogP contribution in [0, 0.1) is 5.82 Å². The van der Waals surface area contributed by atoms with Gasteiger partial charge in [0.15, 0.2) is 5.76 Å². The van der Waals surface area contributed by atoms with Crippen LogP contribution in [0.15, 0.2) is 47.1 Å². The quantitative estimate of drug-likeness (QED) is 0.850. The molecule has 138 valence electrons. The second-order valence-electron chi connectivity index (χ2n) is 6.27. The van der Waals surface area contributed by atoms with Crippen molar-refractivity contribution in [3.63, 3.8) is 0 Å². The molecule has 0 saturated carbocycles. The highest BCUT2D eigenvalue weighted by atomic mass is 19.1. The molecule has 3 rings (SSSR count). The van der Waals surface area contributed by atoms with Crippen molar-refractivity contribution < 1.29 is 18.4 Å². The summed E-state index contributed by atoms with van der Waals surface area (Å²) in [5.74, 6) is -0.0734. The maximum Gasteiger partial charge on any atom is 0.289 e. The summed E-state index contributed by atoms with van der Waals surface area (Å²) in [6.07, 6.45) is 2.15. The van der Waals surface area contributed by atoms with Gasteiger partial charge >= 0.3 is 0 Å². The Hall–Kier alpha value is -2.67. The highest BCUT2D eigenvalue weighted by Gasteiger charge is 2.24. The number of nitrogens with zero attached hydrogens (tertiary/aromatic N) is 2. The number of furan rings is 1. The van der Waals surface area contributed by atoms with Gasteiger partial charge in [-0.3, -0.25) is 14.5 Å². The second-order valence-corrected chi connectivity index (χ2v) is 6.27. The van der Waals surface area contributed by atoms with Gasteiger partial charge in [0.25, 0.3) is 5.91 Å². The Labute approximate surface area is 151 Å². The fourth-order valence-electron chi connectivity index (χ4n) is 2.92. The average Bonchev–Trinajstić information content (AvgIpc) is 3.18. The minimum atomic E-state index is -0.262. The Kier molecular flexibility index (Phi) is 6.01. The van der Waals surface area contributed by atoms with Crippen molar-refractivity contribution in [2.24, 2.45) is 0 Å². The first-order valence-electron chi connectivity index (χ1n) is 8.68. The standard InChI is InChI=1S/C19H22FN3O3/c20-16-5-3-15(4-6-16)7-8-21-18(24)14-22-9-11-23(12-10-22)19(25)17-2-1-13-26-17/h1-6,13H,7-12,14H2,(H,21,24). The molecule has 0 aliphatic carbocycles. The lowest BCUT2D eigenvalue weighted by molar-refractivity contribution is -0.122. The lowest BCUT2D eigenvalue weighted by Gasteiger charge is -2.33. The fraction of sp³-hybridized carbons (Fsp3) is 0.368. The van der Waals surface area contributed by atoms with Gasteiger partial charge in [-0.25, -0.2) is 4.39 Å². The van der Waals surface area contributed by atoms with Gasteiger partial charge in [0, 0.05) is 32.7 Å². The zero-order valence-corrected chi connectivity index (χ0v) is 14.5. The number of rotatable bonds is 6. The maximum absolute atomic E-state index is 12.8. The molecule has 0 unspecified atom stereocenters. The molecule has 1 fully saturated rings. The van der Waals surface area contributed by atoms with Crippen LogP contribution in [0.5, 0.6) is 0 Å². The lowest BCUT2D eigenvalue weighted by Crippen LogP contribution is -2.51. The number of benzene rings is 1. The van der Waals surface area contributed by atoms with Crippen molar-refractivity contribution in [3.05, 3.63) is 59.8 Å². The van der Waals surface area contributed by atoms with Crippen molar-refractivity contribution in [3.8, 4) is 0 Å². The van der Waals surface area contributed by atoms with Crippen molar-refractivity contribution in [1.29, 1.82) is 0 Å². The van der Waals surface area contributed by atoms with Crippen LogP contribution in [0.2, 0.25) is 0 Å². The highest BCUT2D eigenvalue weighted by molar-refractivity contribution is 5.91. The van der Waals surface area contributed by atoms with Crippen LogP contribution in [0.1, 0.15) is 16.1 Å². The molecule has 0 bridgehead atoms. The summed E-state index contributed by atoms with van der Waals surface area (Å²) in [5.41, 5.74) is 0.983. The van der Waals surface area contributed by atoms with Crippen molar-refractivity contribution in [2.75, 3.05) is 39.3 Å². The molecule has 2 amide bonds. The molecule has 7 heteroatoms. The first-order valence-corrected chi connectivity index (χ1v) is 8.68.